The molecule has 7 heteroatoms. The standard InChI is InChI=1S/C11H8N2O2S3/c14-18(15,7-10-12-5-6-16-10)11-13-8-3-1-2-4-9(8)17-11/h1-6H,7H2. The molecule has 2 heterocycles. The van der Waals surface area contributed by atoms with E-state index in [2.05, 4.69) is 9.97 Å². The molecule has 0 aliphatic rings. The van der Waals surface area contributed by atoms with Crippen molar-refractivity contribution in [2.75, 3.05) is 0 Å². The molecule has 0 aliphatic heterocycles. The van der Waals surface area contributed by atoms with Crippen LogP contribution in [0.5, 0.6) is 0 Å². The summed E-state index contributed by atoms with van der Waals surface area (Å²) < 4.78 is 25.4. The van der Waals surface area contributed by atoms with Crippen molar-refractivity contribution in [3.63, 3.8) is 0 Å². The van der Waals surface area contributed by atoms with Crippen molar-refractivity contribution in [3.05, 3.63) is 40.8 Å². The second kappa shape index (κ2) is 4.42. The summed E-state index contributed by atoms with van der Waals surface area (Å²) in [6.45, 7) is 0. The minimum absolute atomic E-state index is 0.0789. The smallest absolute Gasteiger partial charge is 0.211 e. The Hall–Kier alpha value is -1.31. The molecule has 0 bridgehead atoms. The van der Waals surface area contributed by atoms with Crippen molar-refractivity contribution in [3.8, 4) is 0 Å². The zero-order valence-electron chi connectivity index (χ0n) is 9.11. The Balaban J connectivity index is 2.02. The lowest BCUT2D eigenvalue weighted by atomic mass is 10.3. The number of para-hydroxylation sites is 1. The van der Waals surface area contributed by atoms with E-state index >= 15 is 0 Å². The highest BCUT2D eigenvalue weighted by Gasteiger charge is 2.21. The van der Waals surface area contributed by atoms with Gasteiger partial charge < -0.3 is 0 Å². The average molecular weight is 296 g/mol. The van der Waals surface area contributed by atoms with E-state index in [4.69, 9.17) is 0 Å². The Kier molecular flexibility index (Phi) is 2.89. The number of thiazole rings is 2. The largest absolute Gasteiger partial charge is 0.249 e. The number of aromatic nitrogens is 2. The van der Waals surface area contributed by atoms with Crippen molar-refractivity contribution in [1.82, 2.24) is 9.97 Å². The van der Waals surface area contributed by atoms with Crippen LogP contribution in [-0.4, -0.2) is 18.4 Å². The quantitative estimate of drug-likeness (QED) is 0.745. The first-order valence-electron chi connectivity index (χ1n) is 5.12. The topological polar surface area (TPSA) is 59.9 Å². The number of fused-ring (bicyclic) bond motifs is 1. The van der Waals surface area contributed by atoms with E-state index in [9.17, 15) is 8.42 Å². The van der Waals surface area contributed by atoms with Gasteiger partial charge in [0.15, 0.2) is 0 Å². The first-order chi connectivity index (χ1) is 8.65. The molecule has 0 saturated heterocycles. The highest BCUT2D eigenvalue weighted by atomic mass is 32.2. The molecule has 4 nitrogen and oxygen atoms in total. The molecule has 0 amide bonds. The number of benzene rings is 1. The predicted molar refractivity (Wildman–Crippen MR) is 72.6 cm³/mol. The first-order valence-corrected chi connectivity index (χ1v) is 8.47. The van der Waals surface area contributed by atoms with Crippen molar-refractivity contribution < 1.29 is 8.42 Å². The number of hydrogen-bond donors (Lipinski definition) is 0. The molecular formula is C11H8N2O2S3. The lowest BCUT2D eigenvalue weighted by Gasteiger charge is -1.96. The van der Waals surface area contributed by atoms with Crippen LogP contribution in [0.4, 0.5) is 0 Å². The van der Waals surface area contributed by atoms with Gasteiger partial charge in [-0.05, 0) is 12.1 Å². The molecule has 0 atom stereocenters. The van der Waals surface area contributed by atoms with Gasteiger partial charge in [0, 0.05) is 11.6 Å². The average Bonchev–Trinajstić information content (AvgIpc) is 2.96. The van der Waals surface area contributed by atoms with Gasteiger partial charge in [0.25, 0.3) is 0 Å². The summed E-state index contributed by atoms with van der Waals surface area (Å²) in [4.78, 5) is 8.17. The summed E-state index contributed by atoms with van der Waals surface area (Å²) in [6.07, 6.45) is 1.61. The maximum atomic E-state index is 12.2. The monoisotopic (exact) mass is 296 g/mol. The molecule has 1 aromatic carbocycles. The van der Waals surface area contributed by atoms with Gasteiger partial charge in [-0.2, -0.15) is 0 Å². The number of nitrogens with zero attached hydrogens (tertiary/aromatic N) is 2. The van der Waals surface area contributed by atoms with E-state index in [1.165, 1.54) is 22.7 Å². The van der Waals surface area contributed by atoms with E-state index in [0.717, 1.165) is 10.2 Å². The molecule has 3 aromatic rings. The summed E-state index contributed by atoms with van der Waals surface area (Å²) >= 11 is 2.54. The van der Waals surface area contributed by atoms with Crippen molar-refractivity contribution in [2.45, 2.75) is 10.1 Å². The van der Waals surface area contributed by atoms with Crippen LogP contribution in [0.15, 0.2) is 40.2 Å². The SMILES string of the molecule is O=S(=O)(Cc1nccs1)c1nc2ccccc2s1. The lowest BCUT2D eigenvalue weighted by molar-refractivity contribution is 0.594. The van der Waals surface area contributed by atoms with Gasteiger partial charge in [0.2, 0.25) is 14.2 Å². The maximum Gasteiger partial charge on any atom is 0.211 e. The molecule has 0 unspecified atom stereocenters. The molecule has 0 saturated carbocycles. The molecule has 0 fully saturated rings. The molecule has 2 aromatic heterocycles. The third-order valence-corrected chi connectivity index (χ3v) is 6.42. The summed E-state index contributed by atoms with van der Waals surface area (Å²) in [5, 5.41) is 2.36. The number of sulfone groups is 1. The van der Waals surface area contributed by atoms with Crippen molar-refractivity contribution in [1.29, 1.82) is 0 Å². The van der Waals surface area contributed by atoms with Crippen LogP contribution < -0.4 is 0 Å². The van der Waals surface area contributed by atoms with Gasteiger partial charge in [0.1, 0.15) is 10.8 Å². The Morgan fingerprint density at radius 3 is 2.78 bits per heavy atom. The Morgan fingerprint density at radius 1 is 1.22 bits per heavy atom. The summed E-state index contributed by atoms with van der Waals surface area (Å²) in [5.41, 5.74) is 0.722. The third-order valence-electron chi connectivity index (χ3n) is 2.34. The van der Waals surface area contributed by atoms with Crippen molar-refractivity contribution in [2.24, 2.45) is 0 Å². The second-order valence-electron chi connectivity index (χ2n) is 3.63. The van der Waals surface area contributed by atoms with Gasteiger partial charge in [0.05, 0.1) is 10.2 Å². The fourth-order valence-corrected chi connectivity index (χ4v) is 5.08. The van der Waals surface area contributed by atoms with E-state index in [1.54, 1.807) is 11.6 Å². The van der Waals surface area contributed by atoms with Crippen LogP contribution in [0.25, 0.3) is 10.2 Å². The molecular weight excluding hydrogens is 288 g/mol. The van der Waals surface area contributed by atoms with Crippen LogP contribution >= 0.6 is 22.7 Å². The zero-order valence-corrected chi connectivity index (χ0v) is 11.6. The van der Waals surface area contributed by atoms with Crippen LogP contribution in [0, 0.1) is 0 Å². The van der Waals surface area contributed by atoms with E-state index in [-0.39, 0.29) is 10.1 Å². The first kappa shape index (κ1) is 11.8. The maximum absolute atomic E-state index is 12.2. The Morgan fingerprint density at radius 2 is 2.06 bits per heavy atom. The zero-order chi connectivity index (χ0) is 12.6. The molecule has 0 spiro atoms. The summed E-state index contributed by atoms with van der Waals surface area (Å²) in [5.74, 6) is -0.0789. The fraction of sp³-hybridized carbons (Fsp3) is 0.0909. The Labute approximate surface area is 112 Å². The highest BCUT2D eigenvalue weighted by molar-refractivity contribution is 7.92. The third kappa shape index (κ3) is 2.16. The van der Waals surface area contributed by atoms with Gasteiger partial charge >= 0.3 is 0 Å². The van der Waals surface area contributed by atoms with Gasteiger partial charge in [-0.3, -0.25) is 0 Å². The highest BCUT2D eigenvalue weighted by Crippen LogP contribution is 2.27. The number of hydrogen-bond acceptors (Lipinski definition) is 6. The fourth-order valence-electron chi connectivity index (χ4n) is 1.53. The van der Waals surface area contributed by atoms with Crippen LogP contribution in [0.2, 0.25) is 0 Å². The number of rotatable bonds is 3. The molecule has 0 radical (unpaired) electrons. The summed E-state index contributed by atoms with van der Waals surface area (Å²) in [6, 6.07) is 7.40. The van der Waals surface area contributed by atoms with Crippen molar-refractivity contribution >= 4 is 42.7 Å². The van der Waals surface area contributed by atoms with Crippen LogP contribution in [0.3, 0.4) is 0 Å². The second-order valence-corrected chi connectivity index (χ2v) is 7.81. The van der Waals surface area contributed by atoms with E-state index in [1.807, 2.05) is 24.3 Å². The normalized spacial score (nSPS) is 12.0. The van der Waals surface area contributed by atoms with Gasteiger partial charge in [-0.1, -0.05) is 12.1 Å². The summed E-state index contributed by atoms with van der Waals surface area (Å²) in [7, 11) is -3.39. The predicted octanol–water partition coefficient (Wildman–Crippen LogP) is 2.73. The minimum atomic E-state index is -3.39. The van der Waals surface area contributed by atoms with Crippen LogP contribution in [0.1, 0.15) is 5.01 Å². The van der Waals surface area contributed by atoms with Gasteiger partial charge in [-0.15, -0.1) is 22.7 Å². The molecule has 18 heavy (non-hydrogen) atoms. The lowest BCUT2D eigenvalue weighted by Crippen LogP contribution is -2.03. The van der Waals surface area contributed by atoms with E-state index in [0.29, 0.717) is 5.01 Å². The minimum Gasteiger partial charge on any atom is -0.249 e. The molecule has 3 rings (SSSR count). The van der Waals surface area contributed by atoms with Gasteiger partial charge in [-0.25, -0.2) is 18.4 Å². The molecule has 92 valence electrons. The van der Waals surface area contributed by atoms with Crippen LogP contribution in [-0.2, 0) is 15.6 Å². The molecule has 0 aliphatic carbocycles. The van der Waals surface area contributed by atoms with E-state index < -0.39 is 9.84 Å². The molecule has 0 N–H and O–H groups in total. The Bertz CT molecular complexity index is 743.